The zero-order valence-electron chi connectivity index (χ0n) is 13.9. The largest absolute Gasteiger partial charge is 0.380 e. The van der Waals surface area contributed by atoms with Crippen LogP contribution in [0.1, 0.15) is 25.8 Å². The number of hydrogen-bond donors (Lipinski definition) is 1. The van der Waals surface area contributed by atoms with Gasteiger partial charge in [0, 0.05) is 6.61 Å². The van der Waals surface area contributed by atoms with Gasteiger partial charge in [0.25, 0.3) is 0 Å². The second kappa shape index (κ2) is 8.40. The molecule has 1 aromatic rings. The summed E-state index contributed by atoms with van der Waals surface area (Å²) < 4.78 is 39.1. The van der Waals surface area contributed by atoms with Crippen LogP contribution in [0.25, 0.3) is 0 Å². The average molecular weight is 350 g/mol. The van der Waals surface area contributed by atoms with E-state index in [0.29, 0.717) is 19.6 Å². The van der Waals surface area contributed by atoms with E-state index in [1.165, 1.54) is 12.1 Å². The summed E-state index contributed by atoms with van der Waals surface area (Å²) in [7, 11) is -3.82. The van der Waals surface area contributed by atoms with Gasteiger partial charge in [0.2, 0.25) is 10.0 Å². The van der Waals surface area contributed by atoms with Gasteiger partial charge < -0.3 is 9.47 Å². The van der Waals surface area contributed by atoms with Gasteiger partial charge in [-0.3, -0.25) is 0 Å². The monoisotopic (exact) mass is 350 g/mol. The molecule has 0 saturated carbocycles. The third-order valence-electron chi connectivity index (χ3n) is 3.70. The summed E-state index contributed by atoms with van der Waals surface area (Å²) in [6.07, 6.45) is 2.30. The van der Waals surface area contributed by atoms with Crippen molar-refractivity contribution in [3.05, 3.63) is 41.5 Å². The lowest BCUT2D eigenvalue weighted by atomic mass is 10.1. The quantitative estimate of drug-likeness (QED) is 0.793. The lowest BCUT2D eigenvalue weighted by Crippen LogP contribution is -2.50. The smallest absolute Gasteiger partial charge is 0.242 e. The number of nitriles is 1. The van der Waals surface area contributed by atoms with E-state index in [4.69, 9.17) is 14.7 Å². The Morgan fingerprint density at radius 3 is 2.92 bits per heavy atom. The number of nitrogens with one attached hydrogen (secondary N) is 1. The van der Waals surface area contributed by atoms with Gasteiger partial charge in [0.05, 0.1) is 35.8 Å². The highest BCUT2D eigenvalue weighted by Crippen LogP contribution is 2.18. The topological polar surface area (TPSA) is 88.4 Å². The van der Waals surface area contributed by atoms with Crippen LogP contribution in [0.4, 0.5) is 0 Å². The fourth-order valence-electron chi connectivity index (χ4n) is 2.42. The fraction of sp³-hybridized carbons (Fsp3) is 0.471. The first-order valence-corrected chi connectivity index (χ1v) is 9.26. The Morgan fingerprint density at radius 1 is 1.46 bits per heavy atom. The molecule has 1 heterocycles. The van der Waals surface area contributed by atoms with Gasteiger partial charge in [-0.25, -0.2) is 13.1 Å². The molecule has 0 amide bonds. The summed E-state index contributed by atoms with van der Waals surface area (Å²) in [5, 5.41) is 9.11. The molecule has 0 aromatic heterocycles. The molecule has 1 fully saturated rings. The van der Waals surface area contributed by atoms with Crippen LogP contribution in [0.15, 0.2) is 40.8 Å². The Bertz CT molecular complexity index is 733. The minimum Gasteiger partial charge on any atom is -0.380 e. The van der Waals surface area contributed by atoms with E-state index in [1.807, 2.05) is 26.0 Å². The van der Waals surface area contributed by atoms with E-state index >= 15 is 0 Å². The summed E-state index contributed by atoms with van der Waals surface area (Å²) in [4.78, 5) is -0.0267. The number of hydrogen-bond acceptors (Lipinski definition) is 5. The number of sulfonamides is 1. The van der Waals surface area contributed by atoms with Crippen molar-refractivity contribution < 1.29 is 17.9 Å². The lowest BCUT2D eigenvalue weighted by Gasteiger charge is -2.31. The van der Waals surface area contributed by atoms with E-state index in [9.17, 15) is 8.42 Å². The zero-order chi connectivity index (χ0) is 17.6. The highest BCUT2D eigenvalue weighted by molar-refractivity contribution is 7.89. The van der Waals surface area contributed by atoms with Crippen LogP contribution in [-0.4, -0.2) is 40.4 Å². The molecular formula is C17H22N2O4S. The fourth-order valence-corrected chi connectivity index (χ4v) is 3.83. The third-order valence-corrected chi connectivity index (χ3v) is 5.25. The highest BCUT2D eigenvalue weighted by atomic mass is 32.2. The number of allylic oxidation sites excluding steroid dienone is 1. The Morgan fingerprint density at radius 2 is 2.21 bits per heavy atom. The number of benzene rings is 1. The summed E-state index contributed by atoms with van der Waals surface area (Å²) in [5.74, 6) is 0. The van der Waals surface area contributed by atoms with Crippen molar-refractivity contribution in [1.82, 2.24) is 4.72 Å². The first kappa shape index (κ1) is 18.6. The highest BCUT2D eigenvalue weighted by Gasteiger charge is 2.31. The van der Waals surface area contributed by atoms with Crippen LogP contribution in [0.3, 0.4) is 0 Å². The van der Waals surface area contributed by atoms with E-state index < -0.39 is 16.1 Å². The van der Waals surface area contributed by atoms with Crippen molar-refractivity contribution in [2.45, 2.75) is 37.3 Å². The van der Waals surface area contributed by atoms with E-state index in [0.717, 1.165) is 5.57 Å². The van der Waals surface area contributed by atoms with Gasteiger partial charge in [0.15, 0.2) is 0 Å². The van der Waals surface area contributed by atoms with E-state index in [2.05, 4.69) is 4.72 Å². The molecule has 0 spiro atoms. The Balaban J connectivity index is 2.14. The van der Waals surface area contributed by atoms with Crippen molar-refractivity contribution >= 4 is 10.0 Å². The predicted octanol–water partition coefficient (Wildman–Crippen LogP) is 1.98. The molecule has 24 heavy (non-hydrogen) atoms. The van der Waals surface area contributed by atoms with Gasteiger partial charge >= 0.3 is 0 Å². The van der Waals surface area contributed by atoms with Gasteiger partial charge in [-0.2, -0.15) is 5.26 Å². The second-order valence-electron chi connectivity index (χ2n) is 5.85. The second-order valence-corrected chi connectivity index (χ2v) is 7.53. The molecule has 1 aromatic carbocycles. The Labute approximate surface area is 143 Å². The predicted molar refractivity (Wildman–Crippen MR) is 89.9 cm³/mol. The average Bonchev–Trinajstić information content (AvgIpc) is 2.56. The molecule has 1 N–H and O–H groups in total. The summed E-state index contributed by atoms with van der Waals surface area (Å²) >= 11 is 0. The van der Waals surface area contributed by atoms with Crippen LogP contribution in [-0.2, 0) is 19.5 Å². The zero-order valence-corrected chi connectivity index (χ0v) is 14.7. The minimum atomic E-state index is -3.82. The molecule has 7 heteroatoms. The van der Waals surface area contributed by atoms with Gasteiger partial charge in [-0.15, -0.1) is 0 Å². The number of nitrogens with zero attached hydrogens (tertiary/aromatic N) is 1. The number of rotatable bonds is 6. The third kappa shape index (κ3) is 4.89. The molecule has 1 aliphatic heterocycles. The molecule has 6 nitrogen and oxygen atoms in total. The van der Waals surface area contributed by atoms with Crippen molar-refractivity contribution in [1.29, 1.82) is 5.26 Å². The van der Waals surface area contributed by atoms with E-state index in [1.54, 1.807) is 12.1 Å². The molecular weight excluding hydrogens is 328 g/mol. The van der Waals surface area contributed by atoms with Crippen molar-refractivity contribution in [3.8, 4) is 6.07 Å². The van der Waals surface area contributed by atoms with Crippen molar-refractivity contribution in [2.24, 2.45) is 0 Å². The SMILES string of the molecule is CC(C)=CCO[C@@H]1CCOC[C@@H]1NS(=O)(=O)c1ccccc1C#N. The molecule has 1 aliphatic rings. The van der Waals surface area contributed by atoms with E-state index in [-0.39, 0.29) is 23.2 Å². The molecule has 0 radical (unpaired) electrons. The summed E-state index contributed by atoms with van der Waals surface area (Å²) in [6.45, 7) is 5.17. The van der Waals surface area contributed by atoms with Crippen LogP contribution < -0.4 is 4.72 Å². The van der Waals surface area contributed by atoms with Crippen molar-refractivity contribution in [2.75, 3.05) is 19.8 Å². The maximum atomic E-state index is 12.6. The van der Waals surface area contributed by atoms with Gasteiger partial charge in [0.1, 0.15) is 6.07 Å². The standard InChI is InChI=1S/C17H22N2O4S/c1-13(2)7-10-23-16-8-9-22-12-15(16)19-24(20,21)17-6-4-3-5-14(17)11-18/h3-7,15-16,19H,8-10,12H2,1-2H3/t15-,16+/m0/s1. The molecule has 0 aliphatic carbocycles. The maximum Gasteiger partial charge on any atom is 0.242 e. The summed E-state index contributed by atoms with van der Waals surface area (Å²) in [5.41, 5.74) is 1.26. The molecule has 2 atom stereocenters. The van der Waals surface area contributed by atoms with Crippen molar-refractivity contribution in [3.63, 3.8) is 0 Å². The first-order valence-electron chi connectivity index (χ1n) is 7.78. The molecule has 1 saturated heterocycles. The molecule has 130 valence electrons. The molecule has 0 unspecified atom stereocenters. The van der Waals surface area contributed by atoms with Crippen LogP contribution in [0.5, 0.6) is 0 Å². The van der Waals surface area contributed by atoms with Crippen LogP contribution >= 0.6 is 0 Å². The van der Waals surface area contributed by atoms with Crippen LogP contribution in [0.2, 0.25) is 0 Å². The number of ether oxygens (including phenoxy) is 2. The van der Waals surface area contributed by atoms with Gasteiger partial charge in [-0.05, 0) is 32.4 Å². The normalized spacial score (nSPS) is 21.0. The summed E-state index contributed by atoms with van der Waals surface area (Å²) in [6, 6.07) is 7.55. The van der Waals surface area contributed by atoms with Crippen LogP contribution in [0, 0.1) is 11.3 Å². The Hall–Kier alpha value is -1.72. The first-order chi connectivity index (χ1) is 11.4. The lowest BCUT2D eigenvalue weighted by molar-refractivity contribution is -0.0418. The molecule has 0 bridgehead atoms. The van der Waals surface area contributed by atoms with Gasteiger partial charge in [-0.1, -0.05) is 23.8 Å². The maximum absolute atomic E-state index is 12.6. The minimum absolute atomic E-state index is 0.0267. The molecule has 2 rings (SSSR count). The Kier molecular flexibility index (Phi) is 6.52.